The van der Waals surface area contributed by atoms with Gasteiger partial charge in [-0.1, -0.05) is 0 Å². The fraction of sp³-hybridized carbons (Fsp3) is 0.611. The monoisotopic (exact) mass is 318 g/mol. The Morgan fingerprint density at radius 2 is 2.00 bits per heavy atom. The second kappa shape index (κ2) is 7.21. The number of hydrogen-bond acceptors (Lipinski definition) is 4. The van der Waals surface area contributed by atoms with Crippen molar-refractivity contribution in [3.05, 3.63) is 23.8 Å². The zero-order valence-electron chi connectivity index (χ0n) is 14.0. The van der Waals surface area contributed by atoms with E-state index < -0.39 is 0 Å². The zero-order chi connectivity index (χ0) is 16.2. The standard InChI is InChI=1S/C18H26N2O3/c1-20(14-9-10-19-12-14)18(21)13-7-8-16(17(11-13)22-2)23-15-5-3-4-6-15/h7-8,11,14-15,19H,3-6,9-10,12H2,1-2H3. The van der Waals surface area contributed by atoms with E-state index in [0.717, 1.165) is 38.1 Å². The van der Waals surface area contributed by atoms with Crippen LogP contribution < -0.4 is 14.8 Å². The predicted octanol–water partition coefficient (Wildman–Crippen LogP) is 2.45. The number of amides is 1. The third kappa shape index (κ3) is 3.61. The summed E-state index contributed by atoms with van der Waals surface area (Å²) in [6.07, 6.45) is 5.93. The van der Waals surface area contributed by atoms with Gasteiger partial charge in [-0.15, -0.1) is 0 Å². The van der Waals surface area contributed by atoms with E-state index in [1.54, 1.807) is 13.2 Å². The average molecular weight is 318 g/mol. The summed E-state index contributed by atoms with van der Waals surface area (Å²) in [5.41, 5.74) is 0.648. The van der Waals surface area contributed by atoms with Crippen LogP contribution in [0.3, 0.4) is 0 Å². The highest BCUT2D eigenvalue weighted by Crippen LogP contribution is 2.32. The van der Waals surface area contributed by atoms with Crippen LogP contribution in [0, 0.1) is 0 Å². The fourth-order valence-electron chi connectivity index (χ4n) is 3.42. The van der Waals surface area contributed by atoms with E-state index in [1.165, 1.54) is 12.8 Å². The van der Waals surface area contributed by atoms with Gasteiger partial charge in [0.15, 0.2) is 11.5 Å². The third-order valence-corrected chi connectivity index (χ3v) is 4.91. The summed E-state index contributed by atoms with van der Waals surface area (Å²) in [4.78, 5) is 14.5. The van der Waals surface area contributed by atoms with Crippen LogP contribution in [0.1, 0.15) is 42.5 Å². The topological polar surface area (TPSA) is 50.8 Å². The van der Waals surface area contributed by atoms with Gasteiger partial charge in [-0.2, -0.15) is 0 Å². The molecule has 0 aromatic heterocycles. The Balaban J connectivity index is 1.73. The number of carbonyl (C=O) groups excluding carboxylic acids is 1. The highest BCUT2D eigenvalue weighted by atomic mass is 16.5. The number of likely N-dealkylation sites (N-methyl/N-ethyl adjacent to an activating group) is 1. The molecule has 1 saturated heterocycles. The van der Waals surface area contributed by atoms with Crippen molar-refractivity contribution in [2.24, 2.45) is 0 Å². The van der Waals surface area contributed by atoms with Gasteiger partial charge in [0.1, 0.15) is 0 Å². The molecule has 1 amide bonds. The molecule has 1 heterocycles. The first-order valence-electron chi connectivity index (χ1n) is 8.51. The Morgan fingerprint density at radius 3 is 2.65 bits per heavy atom. The van der Waals surface area contributed by atoms with Gasteiger partial charge in [0.05, 0.1) is 13.2 Å². The number of hydrogen-bond donors (Lipinski definition) is 1. The van der Waals surface area contributed by atoms with Gasteiger partial charge < -0.3 is 19.7 Å². The van der Waals surface area contributed by atoms with E-state index in [9.17, 15) is 4.79 Å². The van der Waals surface area contributed by atoms with Gasteiger partial charge in [0, 0.05) is 25.2 Å². The lowest BCUT2D eigenvalue weighted by atomic mass is 10.1. The molecule has 5 nitrogen and oxygen atoms in total. The largest absolute Gasteiger partial charge is 0.493 e. The molecule has 1 aromatic carbocycles. The molecule has 1 aromatic rings. The van der Waals surface area contributed by atoms with Gasteiger partial charge in [-0.05, 0) is 56.8 Å². The summed E-state index contributed by atoms with van der Waals surface area (Å²) < 4.78 is 11.5. The molecule has 0 radical (unpaired) electrons. The van der Waals surface area contributed by atoms with Crippen molar-refractivity contribution in [2.75, 3.05) is 27.2 Å². The lowest BCUT2D eigenvalue weighted by molar-refractivity contribution is 0.0743. The Hall–Kier alpha value is -1.75. The molecule has 1 unspecified atom stereocenters. The second-order valence-electron chi connectivity index (χ2n) is 6.45. The molecule has 3 rings (SSSR count). The highest BCUT2D eigenvalue weighted by Gasteiger charge is 2.25. The Labute approximate surface area is 137 Å². The minimum absolute atomic E-state index is 0.0319. The Bertz CT molecular complexity index is 549. The van der Waals surface area contributed by atoms with Crippen molar-refractivity contribution in [2.45, 2.75) is 44.2 Å². The van der Waals surface area contributed by atoms with Gasteiger partial charge in [-0.3, -0.25) is 4.79 Å². The number of methoxy groups -OCH3 is 1. The highest BCUT2D eigenvalue weighted by molar-refractivity contribution is 5.95. The number of nitrogens with zero attached hydrogens (tertiary/aromatic N) is 1. The molecule has 126 valence electrons. The lowest BCUT2D eigenvalue weighted by Crippen LogP contribution is -2.38. The minimum Gasteiger partial charge on any atom is -0.493 e. The number of benzene rings is 1. The predicted molar refractivity (Wildman–Crippen MR) is 89.2 cm³/mol. The third-order valence-electron chi connectivity index (χ3n) is 4.91. The van der Waals surface area contributed by atoms with Crippen LogP contribution in [0.15, 0.2) is 18.2 Å². The van der Waals surface area contributed by atoms with Crippen molar-refractivity contribution in [1.29, 1.82) is 0 Å². The fourth-order valence-corrected chi connectivity index (χ4v) is 3.42. The molecule has 2 fully saturated rings. The first-order valence-corrected chi connectivity index (χ1v) is 8.51. The molecular formula is C18H26N2O3. The quantitative estimate of drug-likeness (QED) is 0.906. The van der Waals surface area contributed by atoms with Crippen LogP contribution >= 0.6 is 0 Å². The molecule has 5 heteroatoms. The van der Waals surface area contributed by atoms with Gasteiger partial charge in [0.2, 0.25) is 0 Å². The maximum absolute atomic E-state index is 12.7. The van der Waals surface area contributed by atoms with Crippen molar-refractivity contribution in [1.82, 2.24) is 10.2 Å². The lowest BCUT2D eigenvalue weighted by Gasteiger charge is -2.24. The van der Waals surface area contributed by atoms with Crippen molar-refractivity contribution >= 4 is 5.91 Å². The number of ether oxygens (including phenoxy) is 2. The van der Waals surface area contributed by atoms with E-state index in [4.69, 9.17) is 9.47 Å². The van der Waals surface area contributed by atoms with Crippen LogP contribution in [0.5, 0.6) is 11.5 Å². The summed E-state index contributed by atoms with van der Waals surface area (Å²) >= 11 is 0. The van der Waals surface area contributed by atoms with E-state index in [2.05, 4.69) is 5.32 Å². The average Bonchev–Trinajstić information content (AvgIpc) is 3.27. The van der Waals surface area contributed by atoms with Gasteiger partial charge >= 0.3 is 0 Å². The van der Waals surface area contributed by atoms with Crippen molar-refractivity contribution in [3.63, 3.8) is 0 Å². The van der Waals surface area contributed by atoms with E-state index in [1.807, 2.05) is 24.1 Å². The molecule has 0 spiro atoms. The Morgan fingerprint density at radius 1 is 1.22 bits per heavy atom. The Kier molecular flexibility index (Phi) is 5.06. The molecule has 1 N–H and O–H groups in total. The van der Waals surface area contributed by atoms with E-state index in [0.29, 0.717) is 11.3 Å². The van der Waals surface area contributed by atoms with Crippen LogP contribution in [0.2, 0.25) is 0 Å². The van der Waals surface area contributed by atoms with Crippen molar-refractivity contribution < 1.29 is 14.3 Å². The molecule has 1 aliphatic carbocycles. The maximum Gasteiger partial charge on any atom is 0.254 e. The van der Waals surface area contributed by atoms with Crippen LogP contribution in [-0.2, 0) is 0 Å². The van der Waals surface area contributed by atoms with E-state index >= 15 is 0 Å². The van der Waals surface area contributed by atoms with Crippen LogP contribution in [-0.4, -0.2) is 50.2 Å². The molecule has 23 heavy (non-hydrogen) atoms. The normalized spacial score (nSPS) is 21.4. The second-order valence-corrected chi connectivity index (χ2v) is 6.45. The SMILES string of the molecule is COc1cc(C(=O)N(C)C2CCNC2)ccc1OC1CCCC1. The summed E-state index contributed by atoms with van der Waals surface area (Å²) in [5, 5.41) is 3.29. The molecule has 1 saturated carbocycles. The number of carbonyl (C=O) groups is 1. The summed E-state index contributed by atoms with van der Waals surface area (Å²) in [6.45, 7) is 1.84. The maximum atomic E-state index is 12.7. The summed E-state index contributed by atoms with van der Waals surface area (Å²) in [6, 6.07) is 5.77. The first kappa shape index (κ1) is 16.1. The summed E-state index contributed by atoms with van der Waals surface area (Å²) in [7, 11) is 3.49. The van der Waals surface area contributed by atoms with E-state index in [-0.39, 0.29) is 18.1 Å². The molecule has 0 bridgehead atoms. The number of nitrogens with one attached hydrogen (secondary N) is 1. The van der Waals surface area contributed by atoms with Crippen LogP contribution in [0.4, 0.5) is 0 Å². The van der Waals surface area contributed by atoms with Gasteiger partial charge in [0.25, 0.3) is 5.91 Å². The number of rotatable bonds is 5. The smallest absolute Gasteiger partial charge is 0.254 e. The first-order chi connectivity index (χ1) is 11.2. The van der Waals surface area contributed by atoms with Gasteiger partial charge in [-0.25, -0.2) is 0 Å². The summed E-state index contributed by atoms with van der Waals surface area (Å²) in [5.74, 6) is 1.41. The molecule has 2 aliphatic rings. The minimum atomic E-state index is 0.0319. The molecule has 1 aliphatic heterocycles. The van der Waals surface area contributed by atoms with Crippen molar-refractivity contribution in [3.8, 4) is 11.5 Å². The molecule has 1 atom stereocenters. The molecular weight excluding hydrogens is 292 g/mol. The van der Waals surface area contributed by atoms with Crippen LogP contribution in [0.25, 0.3) is 0 Å². The zero-order valence-corrected chi connectivity index (χ0v) is 14.0.